The minimum Gasteiger partial charge on any atom is -0.396 e. The van der Waals surface area contributed by atoms with E-state index in [1.165, 1.54) is 5.57 Å². The fourth-order valence-corrected chi connectivity index (χ4v) is 6.21. The smallest absolute Gasteiger partial charge is 0.134 e. The number of carbonyl (C=O) groups is 1. The molecule has 2 fully saturated rings. The minimum atomic E-state index is -0.729. The fraction of sp³-hybridized carbons (Fsp3) is 0.850. The topological polar surface area (TPSA) is 77.8 Å². The molecular weight excluding hydrogens is 304 g/mol. The second-order valence-electron chi connectivity index (χ2n) is 9.32. The molecule has 3 N–H and O–H groups in total. The molecule has 0 radical (unpaired) electrons. The molecule has 3 aliphatic carbocycles. The number of aliphatic hydroxyl groups excluding tert-OH is 3. The molecule has 136 valence electrons. The molecule has 0 bridgehead atoms. The quantitative estimate of drug-likeness (QED) is 0.692. The van der Waals surface area contributed by atoms with E-state index in [0.29, 0.717) is 24.7 Å². The fourth-order valence-electron chi connectivity index (χ4n) is 6.21. The van der Waals surface area contributed by atoms with E-state index in [-0.39, 0.29) is 35.2 Å². The van der Waals surface area contributed by atoms with Crippen LogP contribution in [-0.2, 0) is 4.79 Å². The molecule has 0 saturated heterocycles. The van der Waals surface area contributed by atoms with Gasteiger partial charge >= 0.3 is 0 Å². The zero-order chi connectivity index (χ0) is 17.8. The van der Waals surface area contributed by atoms with Gasteiger partial charge in [0.25, 0.3) is 0 Å². The Morgan fingerprint density at radius 3 is 2.54 bits per heavy atom. The van der Waals surface area contributed by atoms with Gasteiger partial charge in [0.2, 0.25) is 0 Å². The number of ketones is 1. The van der Waals surface area contributed by atoms with E-state index < -0.39 is 6.10 Å². The maximum Gasteiger partial charge on any atom is 0.134 e. The van der Waals surface area contributed by atoms with Gasteiger partial charge in [0.1, 0.15) is 5.78 Å². The van der Waals surface area contributed by atoms with Gasteiger partial charge in [0.15, 0.2) is 0 Å². The zero-order valence-corrected chi connectivity index (χ0v) is 15.2. The summed E-state index contributed by atoms with van der Waals surface area (Å²) in [5, 5.41) is 29.6. The van der Waals surface area contributed by atoms with E-state index in [0.717, 1.165) is 25.7 Å². The van der Waals surface area contributed by atoms with Crippen molar-refractivity contribution in [3.8, 4) is 0 Å². The molecular formula is C20H32O4. The lowest BCUT2D eigenvalue weighted by Gasteiger charge is -2.59. The third kappa shape index (κ3) is 2.58. The van der Waals surface area contributed by atoms with E-state index in [1.807, 2.05) is 6.92 Å². The molecule has 4 heteroatoms. The highest BCUT2D eigenvalue weighted by atomic mass is 16.3. The van der Waals surface area contributed by atoms with E-state index in [2.05, 4.69) is 19.9 Å². The van der Waals surface area contributed by atoms with E-state index in [1.54, 1.807) is 0 Å². The number of hydrogen-bond acceptors (Lipinski definition) is 4. The summed E-state index contributed by atoms with van der Waals surface area (Å²) in [5.41, 5.74) is 0.580. The van der Waals surface area contributed by atoms with Crippen LogP contribution in [-0.4, -0.2) is 40.4 Å². The van der Waals surface area contributed by atoms with Gasteiger partial charge in [-0.1, -0.05) is 32.4 Å². The van der Waals surface area contributed by atoms with Crippen molar-refractivity contribution in [2.24, 2.45) is 28.1 Å². The number of hydrogen-bond donors (Lipinski definition) is 3. The largest absolute Gasteiger partial charge is 0.396 e. The Kier molecular flexibility index (Phi) is 4.47. The van der Waals surface area contributed by atoms with Gasteiger partial charge in [-0.3, -0.25) is 4.79 Å². The minimum absolute atomic E-state index is 0.0751. The number of rotatable bonds is 3. The van der Waals surface area contributed by atoms with Crippen molar-refractivity contribution < 1.29 is 20.1 Å². The molecule has 24 heavy (non-hydrogen) atoms. The van der Waals surface area contributed by atoms with Gasteiger partial charge in [-0.15, -0.1) is 0 Å². The molecule has 0 aliphatic heterocycles. The maximum atomic E-state index is 12.5. The Balaban J connectivity index is 1.97. The van der Waals surface area contributed by atoms with Crippen LogP contribution >= 0.6 is 0 Å². The highest BCUT2D eigenvalue weighted by Gasteiger charge is 2.58. The second kappa shape index (κ2) is 5.93. The molecule has 3 aliphatic rings. The first-order chi connectivity index (χ1) is 11.2. The molecule has 0 aromatic carbocycles. The lowest BCUT2D eigenvalue weighted by atomic mass is 9.45. The van der Waals surface area contributed by atoms with Gasteiger partial charge in [-0.05, 0) is 42.9 Å². The van der Waals surface area contributed by atoms with Gasteiger partial charge < -0.3 is 15.3 Å². The van der Waals surface area contributed by atoms with Crippen LogP contribution in [0.15, 0.2) is 11.6 Å². The van der Waals surface area contributed by atoms with Crippen molar-refractivity contribution in [1.29, 1.82) is 0 Å². The van der Waals surface area contributed by atoms with E-state index in [9.17, 15) is 20.1 Å². The molecule has 0 spiro atoms. The van der Waals surface area contributed by atoms with Crippen LogP contribution in [0.3, 0.4) is 0 Å². The average molecular weight is 336 g/mol. The standard InChI is InChI=1S/C20H32O4/c1-18(17(24)11-21)7-6-15-13(8-18)4-5-16-19(2,12-22)9-14(23)10-20(15,16)3/h8,15-17,21-22,24H,4-7,9-12H2,1-3H3/t15-,16-,17?,18+,19-,20+/m1/s1. The van der Waals surface area contributed by atoms with Crippen molar-refractivity contribution >= 4 is 5.78 Å². The predicted octanol–water partition coefficient (Wildman–Crippen LogP) is 2.46. The van der Waals surface area contributed by atoms with Crippen LogP contribution in [0.4, 0.5) is 0 Å². The summed E-state index contributed by atoms with van der Waals surface area (Å²) in [6.07, 6.45) is 6.31. The SMILES string of the molecule is C[C@]1(CO)CC(=O)C[C@@]2(C)[C@@H]3CC[C@](C)(C(O)CO)C=C3CC[C@H]12. The molecule has 3 rings (SSSR count). The van der Waals surface area contributed by atoms with Crippen molar-refractivity contribution in [1.82, 2.24) is 0 Å². The number of Topliss-reactive ketones (excluding diaryl/α,β-unsaturated/α-hetero) is 1. The normalized spacial score (nSPS) is 46.8. The molecule has 6 atom stereocenters. The van der Waals surface area contributed by atoms with Crippen LogP contribution in [0.25, 0.3) is 0 Å². The first kappa shape index (κ1) is 18.1. The molecule has 0 aromatic rings. The van der Waals surface area contributed by atoms with Crippen LogP contribution < -0.4 is 0 Å². The summed E-state index contributed by atoms with van der Waals surface area (Å²) in [6, 6.07) is 0. The summed E-state index contributed by atoms with van der Waals surface area (Å²) in [6.45, 7) is 6.20. The van der Waals surface area contributed by atoms with Crippen molar-refractivity contribution in [2.45, 2.75) is 65.4 Å². The number of carbonyl (C=O) groups excluding carboxylic acids is 1. The van der Waals surface area contributed by atoms with Crippen LogP contribution in [0, 0.1) is 28.1 Å². The molecule has 1 unspecified atom stereocenters. The molecule has 0 heterocycles. The highest BCUT2D eigenvalue weighted by molar-refractivity contribution is 5.81. The van der Waals surface area contributed by atoms with Crippen molar-refractivity contribution in [3.63, 3.8) is 0 Å². The third-order valence-corrected chi connectivity index (χ3v) is 7.56. The Morgan fingerprint density at radius 2 is 1.92 bits per heavy atom. The third-order valence-electron chi connectivity index (χ3n) is 7.56. The van der Waals surface area contributed by atoms with Crippen LogP contribution in [0.5, 0.6) is 0 Å². The summed E-state index contributed by atoms with van der Waals surface area (Å²) in [5.74, 6) is 0.989. The predicted molar refractivity (Wildman–Crippen MR) is 92.3 cm³/mol. The van der Waals surface area contributed by atoms with Gasteiger partial charge in [0, 0.05) is 30.3 Å². The van der Waals surface area contributed by atoms with Crippen molar-refractivity contribution in [2.75, 3.05) is 13.2 Å². The first-order valence-electron chi connectivity index (χ1n) is 9.32. The second-order valence-corrected chi connectivity index (χ2v) is 9.32. The Bertz CT molecular complexity index is 556. The number of aliphatic hydroxyl groups is 3. The van der Waals surface area contributed by atoms with Gasteiger partial charge in [-0.2, -0.15) is 0 Å². The lowest BCUT2D eigenvalue weighted by molar-refractivity contribution is -0.145. The van der Waals surface area contributed by atoms with E-state index in [4.69, 9.17) is 0 Å². The molecule has 0 aromatic heterocycles. The van der Waals surface area contributed by atoms with Gasteiger partial charge in [0.05, 0.1) is 12.7 Å². The van der Waals surface area contributed by atoms with Crippen LogP contribution in [0.2, 0.25) is 0 Å². The Morgan fingerprint density at radius 1 is 1.21 bits per heavy atom. The molecule has 0 amide bonds. The van der Waals surface area contributed by atoms with E-state index >= 15 is 0 Å². The summed E-state index contributed by atoms with van der Waals surface area (Å²) >= 11 is 0. The van der Waals surface area contributed by atoms with Crippen LogP contribution in [0.1, 0.15) is 59.3 Å². The number of fused-ring (bicyclic) bond motifs is 3. The first-order valence-corrected chi connectivity index (χ1v) is 9.32. The van der Waals surface area contributed by atoms with Gasteiger partial charge in [-0.25, -0.2) is 0 Å². The summed E-state index contributed by atoms with van der Waals surface area (Å²) in [4.78, 5) is 12.5. The zero-order valence-electron chi connectivity index (χ0n) is 15.2. The molecule has 2 saturated carbocycles. The molecule has 4 nitrogen and oxygen atoms in total. The maximum absolute atomic E-state index is 12.5. The average Bonchev–Trinajstić information content (AvgIpc) is 2.52. The Hall–Kier alpha value is -0.710. The number of allylic oxidation sites excluding steroid dienone is 1. The van der Waals surface area contributed by atoms with Crippen molar-refractivity contribution in [3.05, 3.63) is 11.6 Å². The highest BCUT2D eigenvalue weighted by Crippen LogP contribution is 2.63. The Labute approximate surface area is 145 Å². The monoisotopic (exact) mass is 336 g/mol. The summed E-state index contributed by atoms with van der Waals surface area (Å²) < 4.78 is 0. The summed E-state index contributed by atoms with van der Waals surface area (Å²) in [7, 11) is 0. The lowest BCUT2D eigenvalue weighted by Crippen LogP contribution is -2.55.